The zero-order valence-corrected chi connectivity index (χ0v) is 10.3. The van der Waals surface area contributed by atoms with E-state index in [-0.39, 0.29) is 5.91 Å². The molecule has 1 amide bonds. The molecule has 0 saturated heterocycles. The molecule has 0 aliphatic rings. The third-order valence-corrected chi connectivity index (χ3v) is 2.59. The molecular formula is C13H15N3O2. The van der Waals surface area contributed by atoms with Crippen LogP contribution < -0.4 is 5.32 Å². The molecule has 0 aliphatic heterocycles. The Morgan fingerprint density at radius 2 is 2.28 bits per heavy atom. The summed E-state index contributed by atoms with van der Waals surface area (Å²) in [5.74, 6) is -0.217. The molecule has 0 aliphatic carbocycles. The van der Waals surface area contributed by atoms with Crippen molar-refractivity contribution in [2.45, 2.75) is 13.0 Å². The molecule has 0 spiro atoms. The number of carbonyl (C=O) groups is 1. The summed E-state index contributed by atoms with van der Waals surface area (Å²) in [5.41, 5.74) is 1.92. The topological polar surface area (TPSA) is 67.2 Å². The van der Waals surface area contributed by atoms with Gasteiger partial charge >= 0.3 is 0 Å². The van der Waals surface area contributed by atoms with Crippen LogP contribution in [0.2, 0.25) is 0 Å². The summed E-state index contributed by atoms with van der Waals surface area (Å²) in [7, 11) is 1.75. The number of aliphatic hydroxyl groups is 1. The second-order valence-corrected chi connectivity index (χ2v) is 4.16. The molecule has 94 valence electrons. The predicted octanol–water partition coefficient (Wildman–Crippen LogP) is 1.73. The van der Waals surface area contributed by atoms with Crippen molar-refractivity contribution in [2.75, 3.05) is 5.32 Å². The molecule has 1 atom stereocenters. The van der Waals surface area contributed by atoms with Crippen LogP contribution in [0.1, 0.15) is 28.9 Å². The van der Waals surface area contributed by atoms with E-state index in [0.29, 0.717) is 11.3 Å². The molecule has 0 bridgehead atoms. The van der Waals surface area contributed by atoms with Crippen LogP contribution in [0.15, 0.2) is 36.7 Å². The molecule has 1 aromatic heterocycles. The van der Waals surface area contributed by atoms with E-state index in [2.05, 4.69) is 10.4 Å². The molecule has 0 fully saturated rings. The van der Waals surface area contributed by atoms with Crippen molar-refractivity contribution in [2.24, 2.45) is 7.05 Å². The second kappa shape index (κ2) is 5.01. The summed E-state index contributed by atoms with van der Waals surface area (Å²) in [4.78, 5) is 11.9. The first kappa shape index (κ1) is 12.3. The molecule has 0 radical (unpaired) electrons. The van der Waals surface area contributed by atoms with Gasteiger partial charge in [-0.2, -0.15) is 5.10 Å². The van der Waals surface area contributed by atoms with E-state index < -0.39 is 6.10 Å². The van der Waals surface area contributed by atoms with Gasteiger partial charge in [-0.15, -0.1) is 0 Å². The van der Waals surface area contributed by atoms with Gasteiger partial charge in [-0.25, -0.2) is 0 Å². The van der Waals surface area contributed by atoms with Crippen molar-refractivity contribution in [3.05, 3.63) is 47.8 Å². The normalized spacial score (nSPS) is 12.2. The highest BCUT2D eigenvalue weighted by Crippen LogP contribution is 2.17. The second-order valence-electron chi connectivity index (χ2n) is 4.16. The van der Waals surface area contributed by atoms with E-state index in [1.165, 1.54) is 6.20 Å². The minimum absolute atomic E-state index is 0.217. The minimum atomic E-state index is -0.555. The number of nitrogens with zero attached hydrogens (tertiary/aromatic N) is 2. The van der Waals surface area contributed by atoms with Crippen molar-refractivity contribution in [3.8, 4) is 0 Å². The number of hydrogen-bond donors (Lipinski definition) is 2. The summed E-state index contributed by atoms with van der Waals surface area (Å²) < 4.78 is 1.57. The fourth-order valence-corrected chi connectivity index (χ4v) is 1.62. The quantitative estimate of drug-likeness (QED) is 0.865. The summed E-state index contributed by atoms with van der Waals surface area (Å²) in [6, 6.07) is 7.13. The van der Waals surface area contributed by atoms with E-state index in [1.807, 2.05) is 6.07 Å². The summed E-state index contributed by atoms with van der Waals surface area (Å²) in [6.45, 7) is 1.68. The van der Waals surface area contributed by atoms with Crippen LogP contribution >= 0.6 is 0 Å². The van der Waals surface area contributed by atoms with Crippen LogP contribution in [0.5, 0.6) is 0 Å². The van der Waals surface area contributed by atoms with Crippen molar-refractivity contribution in [1.29, 1.82) is 0 Å². The average Bonchev–Trinajstić information content (AvgIpc) is 2.76. The fourth-order valence-electron chi connectivity index (χ4n) is 1.62. The van der Waals surface area contributed by atoms with Gasteiger partial charge in [0, 0.05) is 18.9 Å². The number of nitrogens with one attached hydrogen (secondary N) is 1. The lowest BCUT2D eigenvalue weighted by Crippen LogP contribution is -2.11. The van der Waals surface area contributed by atoms with E-state index in [9.17, 15) is 9.90 Å². The van der Waals surface area contributed by atoms with Crippen LogP contribution in [0.4, 0.5) is 5.69 Å². The number of aryl methyl sites for hydroxylation is 1. The van der Waals surface area contributed by atoms with E-state index in [1.54, 1.807) is 43.0 Å². The minimum Gasteiger partial charge on any atom is -0.389 e. The Bertz CT molecular complexity index is 561. The molecule has 2 N–H and O–H groups in total. The Kier molecular flexibility index (Phi) is 3.43. The maximum absolute atomic E-state index is 11.9. The van der Waals surface area contributed by atoms with Crippen LogP contribution in [0, 0.1) is 0 Å². The molecule has 1 aromatic carbocycles. The predicted molar refractivity (Wildman–Crippen MR) is 68.2 cm³/mol. The van der Waals surface area contributed by atoms with Gasteiger partial charge in [0.05, 0.1) is 17.9 Å². The van der Waals surface area contributed by atoms with E-state index in [0.717, 1.165) is 5.56 Å². The van der Waals surface area contributed by atoms with Gasteiger partial charge < -0.3 is 10.4 Å². The Morgan fingerprint density at radius 1 is 1.50 bits per heavy atom. The van der Waals surface area contributed by atoms with Crippen LogP contribution in [-0.2, 0) is 7.05 Å². The van der Waals surface area contributed by atoms with Gasteiger partial charge in [-0.05, 0) is 24.6 Å². The smallest absolute Gasteiger partial charge is 0.258 e. The lowest BCUT2D eigenvalue weighted by atomic mass is 10.1. The molecule has 18 heavy (non-hydrogen) atoms. The number of amides is 1. The van der Waals surface area contributed by atoms with Crippen molar-refractivity contribution < 1.29 is 9.90 Å². The van der Waals surface area contributed by atoms with E-state index >= 15 is 0 Å². The highest BCUT2D eigenvalue weighted by molar-refractivity contribution is 6.03. The SMILES string of the molecule is CC(O)c1cccc(NC(=O)c2cnn(C)c2)c1. The van der Waals surface area contributed by atoms with Crippen molar-refractivity contribution >= 4 is 11.6 Å². The fraction of sp³-hybridized carbons (Fsp3) is 0.231. The zero-order valence-electron chi connectivity index (χ0n) is 10.3. The number of carbonyl (C=O) groups excluding carboxylic acids is 1. The summed E-state index contributed by atoms with van der Waals surface area (Å²) >= 11 is 0. The lowest BCUT2D eigenvalue weighted by Gasteiger charge is -2.08. The van der Waals surface area contributed by atoms with E-state index in [4.69, 9.17) is 0 Å². The third-order valence-electron chi connectivity index (χ3n) is 2.59. The molecule has 1 unspecified atom stereocenters. The van der Waals surface area contributed by atoms with Crippen molar-refractivity contribution in [3.63, 3.8) is 0 Å². The van der Waals surface area contributed by atoms with Crippen LogP contribution in [0.3, 0.4) is 0 Å². The number of anilines is 1. The van der Waals surface area contributed by atoms with Crippen LogP contribution in [-0.4, -0.2) is 20.8 Å². The van der Waals surface area contributed by atoms with Gasteiger partial charge in [0.2, 0.25) is 0 Å². The number of rotatable bonds is 3. The Labute approximate surface area is 105 Å². The largest absolute Gasteiger partial charge is 0.389 e. The lowest BCUT2D eigenvalue weighted by molar-refractivity contribution is 0.102. The molecule has 0 saturated carbocycles. The highest BCUT2D eigenvalue weighted by Gasteiger charge is 2.09. The molecule has 1 heterocycles. The Balaban J connectivity index is 2.14. The Hall–Kier alpha value is -2.14. The molecule has 2 aromatic rings. The summed E-state index contributed by atoms with van der Waals surface area (Å²) in [5, 5.41) is 16.2. The first-order valence-corrected chi connectivity index (χ1v) is 5.64. The Morgan fingerprint density at radius 3 is 2.89 bits per heavy atom. The monoisotopic (exact) mass is 245 g/mol. The highest BCUT2D eigenvalue weighted by atomic mass is 16.3. The van der Waals surface area contributed by atoms with Gasteiger partial charge in [-0.3, -0.25) is 9.48 Å². The average molecular weight is 245 g/mol. The standard InChI is InChI=1S/C13H15N3O2/c1-9(17)10-4-3-5-12(6-10)15-13(18)11-7-14-16(2)8-11/h3-9,17H,1-2H3,(H,15,18). The van der Waals surface area contributed by atoms with Gasteiger partial charge in [0.1, 0.15) is 0 Å². The third kappa shape index (κ3) is 2.75. The number of benzene rings is 1. The van der Waals surface area contributed by atoms with Gasteiger partial charge in [0.15, 0.2) is 0 Å². The van der Waals surface area contributed by atoms with Crippen LogP contribution in [0.25, 0.3) is 0 Å². The van der Waals surface area contributed by atoms with Crippen molar-refractivity contribution in [1.82, 2.24) is 9.78 Å². The zero-order chi connectivity index (χ0) is 13.1. The van der Waals surface area contributed by atoms with Gasteiger partial charge in [0.25, 0.3) is 5.91 Å². The molecule has 2 rings (SSSR count). The maximum atomic E-state index is 11.9. The first-order valence-electron chi connectivity index (χ1n) is 5.64. The number of aromatic nitrogens is 2. The van der Waals surface area contributed by atoms with Gasteiger partial charge in [-0.1, -0.05) is 12.1 Å². The maximum Gasteiger partial charge on any atom is 0.258 e. The molecular weight excluding hydrogens is 230 g/mol. The first-order chi connectivity index (χ1) is 8.56. The number of aliphatic hydroxyl groups excluding tert-OH is 1. The molecule has 5 heteroatoms. The summed E-state index contributed by atoms with van der Waals surface area (Å²) in [6.07, 6.45) is 2.60. The number of hydrogen-bond acceptors (Lipinski definition) is 3. The molecule has 5 nitrogen and oxygen atoms in total.